The molecule has 2 aromatic rings. The maximum Gasteiger partial charge on any atom is 0.224 e. The molecule has 1 aromatic heterocycles. The second-order valence-electron chi connectivity index (χ2n) is 7.91. The highest BCUT2D eigenvalue weighted by Gasteiger charge is 2.31. The van der Waals surface area contributed by atoms with Crippen LogP contribution in [0.4, 0.5) is 0 Å². The topological polar surface area (TPSA) is 60.3 Å². The molecule has 1 saturated carbocycles. The van der Waals surface area contributed by atoms with Gasteiger partial charge in [-0.15, -0.1) is 12.4 Å². The number of primary amides is 1. The predicted molar refractivity (Wildman–Crippen MR) is 113 cm³/mol. The minimum absolute atomic E-state index is 0. The fourth-order valence-corrected chi connectivity index (χ4v) is 4.56. The van der Waals surface area contributed by atoms with E-state index in [-0.39, 0.29) is 24.4 Å². The van der Waals surface area contributed by atoms with Crippen molar-refractivity contribution < 1.29 is 4.79 Å². The molecule has 2 N–H and O–H groups in total. The van der Waals surface area contributed by atoms with Gasteiger partial charge in [-0.05, 0) is 60.4 Å². The zero-order chi connectivity index (χ0) is 18.8. The first kappa shape index (κ1) is 20.4. The lowest BCUT2D eigenvalue weighted by Crippen LogP contribution is -2.13. The van der Waals surface area contributed by atoms with E-state index in [1.165, 1.54) is 34.5 Å². The van der Waals surface area contributed by atoms with E-state index < -0.39 is 0 Å². The first-order valence-electron chi connectivity index (χ1n) is 9.86. The number of carbonyl (C=O) groups is 1. The molecule has 2 aliphatic carbocycles. The van der Waals surface area contributed by atoms with Gasteiger partial charge in [0.1, 0.15) is 0 Å². The summed E-state index contributed by atoms with van der Waals surface area (Å²) in [4.78, 5) is 19.8. The van der Waals surface area contributed by atoms with Crippen LogP contribution in [0.1, 0.15) is 65.2 Å². The summed E-state index contributed by atoms with van der Waals surface area (Å²) in [5.41, 5.74) is 12.8. The number of rotatable bonds is 5. The average molecular weight is 396 g/mol. The number of benzene rings is 1. The van der Waals surface area contributed by atoms with Crippen LogP contribution in [-0.4, -0.2) is 16.9 Å². The number of hydrogen-bond donors (Lipinski definition) is 1. The van der Waals surface area contributed by atoms with Crippen molar-refractivity contribution in [3.63, 3.8) is 0 Å². The van der Waals surface area contributed by atoms with Crippen molar-refractivity contribution in [1.29, 1.82) is 0 Å². The van der Waals surface area contributed by atoms with E-state index in [4.69, 9.17) is 17.3 Å². The smallest absolute Gasteiger partial charge is 0.224 e. The maximum absolute atomic E-state index is 11.1. The van der Waals surface area contributed by atoms with Gasteiger partial charge in [0.2, 0.25) is 11.9 Å². The zero-order valence-corrected chi connectivity index (χ0v) is 16.8. The standard InChI is InChI=1S/C23H25N3O.ClH/c1-25-19-10-9-17(13-19)22-14-18(20-3-2-4-21(20)26-22)11-15-5-7-16(8-6-15)12-23(24)27;/h5-8,14,17,19H,2-4,9-13H2,(H2,24,27);1H. The minimum atomic E-state index is -0.298. The molecule has 5 heteroatoms. The summed E-state index contributed by atoms with van der Waals surface area (Å²) in [6, 6.07) is 10.7. The van der Waals surface area contributed by atoms with Gasteiger partial charge in [0.05, 0.1) is 6.42 Å². The largest absolute Gasteiger partial charge is 0.369 e. The Morgan fingerprint density at radius 1 is 1.18 bits per heavy atom. The number of pyridine rings is 1. The second-order valence-corrected chi connectivity index (χ2v) is 7.91. The van der Waals surface area contributed by atoms with Gasteiger partial charge in [0.15, 0.2) is 0 Å². The van der Waals surface area contributed by atoms with Gasteiger partial charge in [-0.1, -0.05) is 24.3 Å². The molecule has 2 unspecified atom stereocenters. The average Bonchev–Trinajstić information content (AvgIpc) is 3.32. The van der Waals surface area contributed by atoms with Crippen molar-refractivity contribution in [2.24, 2.45) is 5.73 Å². The normalized spacial score (nSPS) is 20.2. The first-order valence-corrected chi connectivity index (χ1v) is 9.86. The summed E-state index contributed by atoms with van der Waals surface area (Å²) in [6.45, 7) is 7.30. The summed E-state index contributed by atoms with van der Waals surface area (Å²) < 4.78 is 0. The third-order valence-electron chi connectivity index (χ3n) is 5.96. The molecule has 1 amide bonds. The molecule has 28 heavy (non-hydrogen) atoms. The number of hydrogen-bond acceptors (Lipinski definition) is 2. The van der Waals surface area contributed by atoms with Crippen molar-refractivity contribution in [3.8, 4) is 0 Å². The van der Waals surface area contributed by atoms with Crippen LogP contribution in [0.15, 0.2) is 30.3 Å². The lowest BCUT2D eigenvalue weighted by molar-refractivity contribution is -0.117. The molecule has 2 atom stereocenters. The minimum Gasteiger partial charge on any atom is -0.369 e. The van der Waals surface area contributed by atoms with Crippen LogP contribution in [0.5, 0.6) is 0 Å². The highest BCUT2D eigenvalue weighted by atomic mass is 35.5. The fourth-order valence-electron chi connectivity index (χ4n) is 4.56. The lowest BCUT2D eigenvalue weighted by atomic mass is 9.94. The molecule has 1 fully saturated rings. The van der Waals surface area contributed by atoms with E-state index in [9.17, 15) is 4.79 Å². The van der Waals surface area contributed by atoms with Gasteiger partial charge in [0, 0.05) is 30.1 Å². The van der Waals surface area contributed by atoms with Gasteiger partial charge in [-0.3, -0.25) is 9.78 Å². The van der Waals surface area contributed by atoms with E-state index >= 15 is 0 Å². The number of aromatic nitrogens is 1. The lowest BCUT2D eigenvalue weighted by Gasteiger charge is -2.15. The molecule has 1 aromatic carbocycles. The van der Waals surface area contributed by atoms with Gasteiger partial charge < -0.3 is 10.6 Å². The van der Waals surface area contributed by atoms with Crippen LogP contribution >= 0.6 is 12.4 Å². The monoisotopic (exact) mass is 395 g/mol. The molecule has 0 bridgehead atoms. The first-order chi connectivity index (χ1) is 13.1. The van der Waals surface area contributed by atoms with Crippen LogP contribution in [0, 0.1) is 6.57 Å². The number of halogens is 1. The summed E-state index contributed by atoms with van der Waals surface area (Å²) in [7, 11) is 0. The van der Waals surface area contributed by atoms with E-state index in [0.717, 1.165) is 44.1 Å². The Kier molecular flexibility index (Phi) is 6.36. The van der Waals surface area contributed by atoms with E-state index in [1.54, 1.807) is 0 Å². The van der Waals surface area contributed by atoms with Crippen LogP contribution in [0.2, 0.25) is 0 Å². The Bertz CT molecular complexity index is 901. The number of amides is 1. The van der Waals surface area contributed by atoms with Crippen molar-refractivity contribution in [1.82, 2.24) is 4.98 Å². The Hall–Kier alpha value is -2.38. The van der Waals surface area contributed by atoms with E-state index in [2.05, 4.69) is 23.0 Å². The Morgan fingerprint density at radius 2 is 1.93 bits per heavy atom. The van der Waals surface area contributed by atoms with Gasteiger partial charge in [-0.2, -0.15) is 0 Å². The van der Waals surface area contributed by atoms with Crippen molar-refractivity contribution in [2.75, 3.05) is 0 Å². The quantitative estimate of drug-likeness (QED) is 0.772. The number of aryl methyl sites for hydroxylation is 1. The third kappa shape index (κ3) is 4.36. The predicted octanol–water partition coefficient (Wildman–Crippen LogP) is 4.17. The number of fused-ring (bicyclic) bond motifs is 1. The molecule has 0 radical (unpaired) electrons. The molecule has 0 spiro atoms. The van der Waals surface area contributed by atoms with Crippen LogP contribution in [0.25, 0.3) is 4.85 Å². The Morgan fingerprint density at radius 3 is 2.61 bits per heavy atom. The summed E-state index contributed by atoms with van der Waals surface area (Å²) >= 11 is 0. The summed E-state index contributed by atoms with van der Waals surface area (Å²) in [6.07, 6.45) is 7.61. The third-order valence-corrected chi connectivity index (χ3v) is 5.96. The summed E-state index contributed by atoms with van der Waals surface area (Å²) in [5, 5.41) is 0. The highest BCUT2D eigenvalue weighted by Crippen LogP contribution is 2.37. The van der Waals surface area contributed by atoms with Crippen molar-refractivity contribution in [3.05, 3.63) is 75.4 Å². The van der Waals surface area contributed by atoms with Crippen LogP contribution in [0.3, 0.4) is 0 Å². The zero-order valence-electron chi connectivity index (χ0n) is 16.0. The molecule has 1 heterocycles. The van der Waals surface area contributed by atoms with Gasteiger partial charge in [0.25, 0.3) is 0 Å². The highest BCUT2D eigenvalue weighted by molar-refractivity contribution is 5.85. The molecular weight excluding hydrogens is 370 g/mol. The number of nitrogens with zero attached hydrogens (tertiary/aromatic N) is 2. The van der Waals surface area contributed by atoms with E-state index in [1.807, 2.05) is 12.1 Å². The Balaban J connectivity index is 0.00000225. The van der Waals surface area contributed by atoms with Gasteiger partial charge >= 0.3 is 0 Å². The molecule has 2 aliphatic rings. The molecule has 0 saturated heterocycles. The molecule has 4 rings (SSSR count). The van der Waals surface area contributed by atoms with Crippen LogP contribution in [-0.2, 0) is 30.5 Å². The van der Waals surface area contributed by atoms with Gasteiger partial charge in [-0.25, -0.2) is 6.57 Å². The molecule has 0 aliphatic heterocycles. The Labute approximate surface area is 172 Å². The molecule has 146 valence electrons. The SMILES string of the molecule is Cl.[C-]#[N+]C1CCC(c2cc(Cc3ccc(CC(N)=O)cc3)c3c(n2)CCC3)C1. The fraction of sp³-hybridized carbons (Fsp3) is 0.435. The maximum atomic E-state index is 11.1. The van der Waals surface area contributed by atoms with Crippen molar-refractivity contribution in [2.45, 2.75) is 63.3 Å². The molecular formula is C23H26ClN3O. The van der Waals surface area contributed by atoms with Crippen molar-refractivity contribution >= 4 is 18.3 Å². The second kappa shape index (κ2) is 8.75. The number of carbonyl (C=O) groups excluding carboxylic acids is 1. The summed E-state index contributed by atoms with van der Waals surface area (Å²) in [5.74, 6) is 0.139. The van der Waals surface area contributed by atoms with E-state index in [0.29, 0.717) is 12.3 Å². The number of nitrogens with two attached hydrogens (primary N) is 1. The molecule has 4 nitrogen and oxygen atoms in total. The van der Waals surface area contributed by atoms with Crippen LogP contribution < -0.4 is 5.73 Å².